The van der Waals surface area contributed by atoms with Crippen molar-refractivity contribution in [3.05, 3.63) is 41.5 Å². The van der Waals surface area contributed by atoms with Gasteiger partial charge < -0.3 is 10.1 Å². The zero-order chi connectivity index (χ0) is 14.3. The molecule has 0 spiro atoms. The first-order valence-corrected chi connectivity index (χ1v) is 6.11. The highest BCUT2D eigenvalue weighted by molar-refractivity contribution is 5.83. The van der Waals surface area contributed by atoms with Crippen molar-refractivity contribution >= 4 is 18.0 Å². The number of carbonyl (C=O) groups is 2. The summed E-state index contributed by atoms with van der Waals surface area (Å²) >= 11 is 0. The van der Waals surface area contributed by atoms with Gasteiger partial charge in [0.25, 0.3) is 0 Å². The molecule has 0 aliphatic rings. The molecule has 0 aliphatic carbocycles. The molecule has 1 N–H and O–H groups in total. The van der Waals surface area contributed by atoms with Crippen molar-refractivity contribution in [2.45, 2.75) is 26.3 Å². The van der Waals surface area contributed by atoms with Gasteiger partial charge in [-0.05, 0) is 18.9 Å². The molecule has 0 saturated heterocycles. The maximum absolute atomic E-state index is 11.5. The fraction of sp³-hybridized carbons (Fsp3) is 0.333. The summed E-state index contributed by atoms with van der Waals surface area (Å²) in [6.07, 6.45) is 4.17. The minimum absolute atomic E-state index is 0.251. The number of carbonyl (C=O) groups excluding carboxylic acids is 2. The molecule has 0 heterocycles. The standard InChI is InChI=1S/C15H19NO3/c1-11-7-9-13(10-8-11)5-4-6-14(15(18)19-3)16-12(2)17/h4-5,7-10,14H,6H2,1-3H3,(H,16,17)/b5-4+/t14-/m1/s1. The van der Waals surface area contributed by atoms with Gasteiger partial charge in [-0.25, -0.2) is 4.79 Å². The second-order valence-electron chi connectivity index (χ2n) is 4.33. The number of amides is 1. The van der Waals surface area contributed by atoms with Crippen molar-refractivity contribution in [2.24, 2.45) is 0 Å². The molecular formula is C15H19NO3. The van der Waals surface area contributed by atoms with Gasteiger partial charge in [0.05, 0.1) is 7.11 Å². The lowest BCUT2D eigenvalue weighted by molar-refractivity contribution is -0.144. The van der Waals surface area contributed by atoms with Gasteiger partial charge in [-0.2, -0.15) is 0 Å². The van der Waals surface area contributed by atoms with Crippen LogP contribution in [0, 0.1) is 6.92 Å². The van der Waals surface area contributed by atoms with Gasteiger partial charge >= 0.3 is 5.97 Å². The molecule has 0 bridgehead atoms. The number of hydrogen-bond donors (Lipinski definition) is 1. The Morgan fingerprint density at radius 3 is 2.47 bits per heavy atom. The lowest BCUT2D eigenvalue weighted by Gasteiger charge is -2.13. The zero-order valence-corrected chi connectivity index (χ0v) is 11.5. The molecule has 0 radical (unpaired) electrons. The van der Waals surface area contributed by atoms with Crippen LogP contribution in [0.25, 0.3) is 6.08 Å². The summed E-state index contributed by atoms with van der Waals surface area (Å²) in [5.74, 6) is -0.692. The molecule has 1 amide bonds. The van der Waals surface area contributed by atoms with E-state index in [0.717, 1.165) is 5.56 Å². The molecule has 1 rings (SSSR count). The second kappa shape index (κ2) is 7.36. The second-order valence-corrected chi connectivity index (χ2v) is 4.33. The maximum atomic E-state index is 11.5. The Hall–Kier alpha value is -2.10. The zero-order valence-electron chi connectivity index (χ0n) is 11.5. The maximum Gasteiger partial charge on any atom is 0.328 e. The van der Waals surface area contributed by atoms with E-state index >= 15 is 0 Å². The Balaban J connectivity index is 2.62. The number of aryl methyl sites for hydroxylation is 1. The third-order valence-electron chi connectivity index (χ3n) is 2.62. The average Bonchev–Trinajstić information content (AvgIpc) is 2.38. The van der Waals surface area contributed by atoms with Gasteiger partial charge in [-0.15, -0.1) is 0 Å². The fourth-order valence-electron chi connectivity index (χ4n) is 1.62. The van der Waals surface area contributed by atoms with Crippen molar-refractivity contribution in [1.82, 2.24) is 5.32 Å². The van der Waals surface area contributed by atoms with Crippen LogP contribution in [0.1, 0.15) is 24.5 Å². The first-order chi connectivity index (χ1) is 9.02. The SMILES string of the molecule is COC(=O)[C@@H](C/C=C/c1ccc(C)cc1)NC(C)=O. The number of methoxy groups -OCH3 is 1. The summed E-state index contributed by atoms with van der Waals surface area (Å²) in [7, 11) is 1.31. The molecule has 102 valence electrons. The van der Waals surface area contributed by atoms with Crippen molar-refractivity contribution < 1.29 is 14.3 Å². The average molecular weight is 261 g/mol. The Bertz CT molecular complexity index is 463. The molecule has 19 heavy (non-hydrogen) atoms. The molecule has 0 aliphatic heterocycles. The van der Waals surface area contributed by atoms with E-state index in [1.165, 1.54) is 19.6 Å². The van der Waals surface area contributed by atoms with Gasteiger partial charge in [0.1, 0.15) is 6.04 Å². The van der Waals surface area contributed by atoms with Crippen LogP contribution in [-0.2, 0) is 14.3 Å². The number of benzene rings is 1. The van der Waals surface area contributed by atoms with Gasteiger partial charge in [-0.1, -0.05) is 42.0 Å². The van der Waals surface area contributed by atoms with E-state index < -0.39 is 12.0 Å². The predicted octanol–water partition coefficient (Wildman–Crippen LogP) is 2.08. The Labute approximate surface area is 113 Å². The Kier molecular flexibility index (Phi) is 5.79. The minimum Gasteiger partial charge on any atom is -0.467 e. The highest BCUT2D eigenvalue weighted by Crippen LogP contribution is 2.06. The normalized spacial score (nSPS) is 12.2. The summed E-state index contributed by atoms with van der Waals surface area (Å²) in [6.45, 7) is 3.40. The van der Waals surface area contributed by atoms with E-state index in [1.807, 2.05) is 43.3 Å². The third kappa shape index (κ3) is 5.38. The van der Waals surface area contributed by atoms with Crippen LogP contribution in [0.3, 0.4) is 0 Å². The van der Waals surface area contributed by atoms with E-state index in [-0.39, 0.29) is 5.91 Å². The van der Waals surface area contributed by atoms with E-state index in [9.17, 15) is 9.59 Å². The largest absolute Gasteiger partial charge is 0.467 e. The summed E-state index contributed by atoms with van der Waals surface area (Å²) in [5, 5.41) is 2.56. The topological polar surface area (TPSA) is 55.4 Å². The molecule has 1 aromatic carbocycles. The van der Waals surface area contributed by atoms with E-state index in [0.29, 0.717) is 6.42 Å². The Morgan fingerprint density at radius 2 is 1.95 bits per heavy atom. The lowest BCUT2D eigenvalue weighted by atomic mass is 10.1. The molecule has 0 saturated carbocycles. The predicted molar refractivity (Wildman–Crippen MR) is 74.5 cm³/mol. The molecule has 0 fully saturated rings. The molecular weight excluding hydrogens is 242 g/mol. The van der Waals surface area contributed by atoms with E-state index in [1.54, 1.807) is 0 Å². The van der Waals surface area contributed by atoms with E-state index in [2.05, 4.69) is 10.1 Å². The van der Waals surface area contributed by atoms with Crippen LogP contribution in [0.4, 0.5) is 0 Å². The number of ether oxygens (including phenoxy) is 1. The first kappa shape index (κ1) is 15.0. The van der Waals surface area contributed by atoms with Gasteiger partial charge in [0.15, 0.2) is 0 Å². The van der Waals surface area contributed by atoms with Crippen molar-refractivity contribution in [2.75, 3.05) is 7.11 Å². The van der Waals surface area contributed by atoms with Crippen LogP contribution in [0.5, 0.6) is 0 Å². The summed E-state index contributed by atoms with van der Waals surface area (Å²) in [5.41, 5.74) is 2.25. The van der Waals surface area contributed by atoms with Crippen LogP contribution in [-0.4, -0.2) is 25.0 Å². The monoisotopic (exact) mass is 261 g/mol. The molecule has 4 heteroatoms. The van der Waals surface area contributed by atoms with Crippen LogP contribution >= 0.6 is 0 Å². The first-order valence-electron chi connectivity index (χ1n) is 6.11. The molecule has 0 aromatic heterocycles. The number of esters is 1. The molecule has 1 aromatic rings. The Morgan fingerprint density at radius 1 is 1.32 bits per heavy atom. The van der Waals surface area contributed by atoms with Gasteiger partial charge in [0, 0.05) is 6.92 Å². The number of rotatable bonds is 5. The third-order valence-corrected chi connectivity index (χ3v) is 2.62. The highest BCUT2D eigenvalue weighted by atomic mass is 16.5. The van der Waals surface area contributed by atoms with Crippen molar-refractivity contribution in [1.29, 1.82) is 0 Å². The minimum atomic E-state index is -0.635. The molecule has 4 nitrogen and oxygen atoms in total. The number of hydrogen-bond acceptors (Lipinski definition) is 3. The van der Waals surface area contributed by atoms with Gasteiger partial charge in [0.2, 0.25) is 5.91 Å². The van der Waals surface area contributed by atoms with E-state index in [4.69, 9.17) is 0 Å². The molecule has 0 unspecified atom stereocenters. The van der Waals surface area contributed by atoms with Crippen LogP contribution in [0.15, 0.2) is 30.3 Å². The highest BCUT2D eigenvalue weighted by Gasteiger charge is 2.17. The molecule has 1 atom stereocenters. The number of nitrogens with one attached hydrogen (secondary N) is 1. The van der Waals surface area contributed by atoms with Crippen molar-refractivity contribution in [3.8, 4) is 0 Å². The summed E-state index contributed by atoms with van der Waals surface area (Å²) in [4.78, 5) is 22.5. The van der Waals surface area contributed by atoms with Crippen LogP contribution < -0.4 is 5.32 Å². The fourth-order valence-corrected chi connectivity index (χ4v) is 1.62. The lowest BCUT2D eigenvalue weighted by Crippen LogP contribution is -2.39. The smallest absolute Gasteiger partial charge is 0.328 e. The van der Waals surface area contributed by atoms with Crippen LogP contribution in [0.2, 0.25) is 0 Å². The summed E-state index contributed by atoms with van der Waals surface area (Å²) in [6, 6.07) is 7.40. The quantitative estimate of drug-likeness (QED) is 0.826. The van der Waals surface area contributed by atoms with Gasteiger partial charge in [-0.3, -0.25) is 4.79 Å². The van der Waals surface area contributed by atoms with Crippen molar-refractivity contribution in [3.63, 3.8) is 0 Å². The summed E-state index contributed by atoms with van der Waals surface area (Å²) < 4.78 is 4.64.